The van der Waals surface area contributed by atoms with Crippen LogP contribution in [0.2, 0.25) is 5.02 Å². The number of hydrogen-bond acceptors (Lipinski definition) is 2. The van der Waals surface area contributed by atoms with E-state index in [1.54, 1.807) is 4.90 Å². The summed E-state index contributed by atoms with van der Waals surface area (Å²) in [7, 11) is 0. The second kappa shape index (κ2) is 6.49. The van der Waals surface area contributed by atoms with E-state index in [2.05, 4.69) is 0 Å². The van der Waals surface area contributed by atoms with Crippen LogP contribution in [0.4, 0.5) is 5.69 Å². The van der Waals surface area contributed by atoms with Crippen molar-refractivity contribution in [3.8, 4) is 0 Å². The Bertz CT molecular complexity index is 872. The molecule has 0 saturated carbocycles. The van der Waals surface area contributed by atoms with E-state index in [4.69, 9.17) is 11.6 Å². The minimum atomic E-state index is -0.246. The molecule has 2 aliphatic rings. The fraction of sp³-hybridized carbons (Fsp3) is 0.238. The monoisotopic (exact) mass is 351 g/mol. The van der Waals surface area contributed by atoms with Crippen molar-refractivity contribution < 1.29 is 9.59 Å². The number of allylic oxidation sites excluding steroid dienone is 2. The maximum Gasteiger partial charge on any atom is 0.232 e. The highest BCUT2D eigenvalue weighted by Crippen LogP contribution is 2.44. The van der Waals surface area contributed by atoms with Gasteiger partial charge in [-0.25, -0.2) is 0 Å². The highest BCUT2D eigenvalue weighted by atomic mass is 35.5. The molecule has 4 rings (SSSR count). The van der Waals surface area contributed by atoms with Gasteiger partial charge in [0.1, 0.15) is 0 Å². The molecule has 2 aromatic rings. The third-order valence-electron chi connectivity index (χ3n) is 4.97. The highest BCUT2D eigenvalue weighted by molar-refractivity contribution is 6.31. The van der Waals surface area contributed by atoms with Crippen LogP contribution in [0.25, 0.3) is 0 Å². The second-order valence-electron chi connectivity index (χ2n) is 6.48. The molecule has 2 aromatic carbocycles. The molecule has 0 fully saturated rings. The Kier molecular flexibility index (Phi) is 4.18. The number of carbonyl (C=O) groups excluding carboxylic acids is 2. The van der Waals surface area contributed by atoms with E-state index in [0.717, 1.165) is 35.4 Å². The smallest absolute Gasteiger partial charge is 0.232 e. The first kappa shape index (κ1) is 16.1. The van der Waals surface area contributed by atoms with E-state index in [-0.39, 0.29) is 24.0 Å². The minimum Gasteiger partial charge on any atom is -0.294 e. The van der Waals surface area contributed by atoms with Crippen LogP contribution in [0.15, 0.2) is 65.9 Å². The summed E-state index contributed by atoms with van der Waals surface area (Å²) < 4.78 is 0. The van der Waals surface area contributed by atoms with E-state index in [9.17, 15) is 9.59 Å². The lowest BCUT2D eigenvalue weighted by atomic mass is 9.77. The van der Waals surface area contributed by atoms with E-state index in [0.29, 0.717) is 11.4 Å². The zero-order chi connectivity index (χ0) is 17.4. The van der Waals surface area contributed by atoms with Gasteiger partial charge in [0.05, 0.1) is 0 Å². The summed E-state index contributed by atoms with van der Waals surface area (Å²) >= 11 is 6.38. The highest BCUT2D eigenvalue weighted by Gasteiger charge is 2.40. The van der Waals surface area contributed by atoms with E-state index in [1.807, 2.05) is 54.6 Å². The lowest BCUT2D eigenvalue weighted by Gasteiger charge is -2.38. The van der Waals surface area contributed by atoms with Crippen LogP contribution in [0.1, 0.15) is 37.2 Å². The number of anilines is 1. The van der Waals surface area contributed by atoms with Gasteiger partial charge >= 0.3 is 0 Å². The molecule has 1 aliphatic heterocycles. The lowest BCUT2D eigenvalue weighted by molar-refractivity contribution is -0.119. The second-order valence-corrected chi connectivity index (χ2v) is 6.89. The van der Waals surface area contributed by atoms with Gasteiger partial charge in [0.2, 0.25) is 5.91 Å². The largest absolute Gasteiger partial charge is 0.294 e. The molecule has 0 saturated heterocycles. The number of carbonyl (C=O) groups is 2. The number of para-hydroxylation sites is 1. The maximum absolute atomic E-state index is 13.0. The van der Waals surface area contributed by atoms with Crippen LogP contribution in [0.5, 0.6) is 0 Å². The number of halogens is 1. The van der Waals surface area contributed by atoms with Crippen LogP contribution in [0, 0.1) is 0 Å². The van der Waals surface area contributed by atoms with Crippen molar-refractivity contribution in [3.05, 3.63) is 76.5 Å². The van der Waals surface area contributed by atoms with E-state index < -0.39 is 0 Å². The molecule has 0 unspecified atom stereocenters. The van der Waals surface area contributed by atoms with Crippen LogP contribution in [-0.4, -0.2) is 11.7 Å². The van der Waals surface area contributed by atoms with Crippen molar-refractivity contribution >= 4 is 29.0 Å². The lowest BCUT2D eigenvalue weighted by Crippen LogP contribution is -2.40. The average molecular weight is 352 g/mol. The summed E-state index contributed by atoms with van der Waals surface area (Å²) in [5.74, 6) is -0.0897. The molecule has 0 bridgehead atoms. The predicted octanol–water partition coefficient (Wildman–Crippen LogP) is 4.87. The van der Waals surface area contributed by atoms with Crippen LogP contribution in [0.3, 0.4) is 0 Å². The van der Waals surface area contributed by atoms with Crippen molar-refractivity contribution in [2.45, 2.75) is 31.6 Å². The third-order valence-corrected chi connectivity index (χ3v) is 5.31. The summed E-state index contributed by atoms with van der Waals surface area (Å²) in [6.07, 6.45) is 2.33. The van der Waals surface area contributed by atoms with Gasteiger partial charge in [0.25, 0.3) is 0 Å². The van der Waals surface area contributed by atoms with Gasteiger partial charge in [-0.2, -0.15) is 0 Å². The third kappa shape index (κ3) is 2.79. The zero-order valence-corrected chi connectivity index (χ0v) is 14.5. The van der Waals surface area contributed by atoms with Crippen LogP contribution in [-0.2, 0) is 9.59 Å². The minimum absolute atomic E-state index is 0.0181. The molecule has 0 aromatic heterocycles. The summed E-state index contributed by atoms with van der Waals surface area (Å²) in [5, 5.41) is 0.610. The Balaban J connectivity index is 1.89. The van der Waals surface area contributed by atoms with Gasteiger partial charge in [0, 0.05) is 40.7 Å². The molecule has 3 nitrogen and oxygen atoms in total. The van der Waals surface area contributed by atoms with Crippen LogP contribution < -0.4 is 4.90 Å². The van der Waals surface area contributed by atoms with Crippen molar-refractivity contribution in [1.29, 1.82) is 0 Å². The standard InChI is InChI=1S/C21H18ClNO2/c22-17-10-5-4-9-15(17)16-13-20(25)23(14-7-2-1-3-8-14)18-11-6-12-19(24)21(16)18/h1-5,7-10,16H,6,11-13H2/t16-/m0/s1. The van der Waals surface area contributed by atoms with Gasteiger partial charge in [0.15, 0.2) is 5.78 Å². The molecule has 0 spiro atoms. The average Bonchev–Trinajstić information content (AvgIpc) is 2.62. The van der Waals surface area contributed by atoms with Gasteiger partial charge in [-0.1, -0.05) is 48.0 Å². The summed E-state index contributed by atoms with van der Waals surface area (Å²) in [6, 6.07) is 17.1. The zero-order valence-electron chi connectivity index (χ0n) is 13.7. The number of nitrogens with zero attached hydrogens (tertiary/aromatic N) is 1. The molecule has 1 atom stereocenters. The first-order valence-corrected chi connectivity index (χ1v) is 8.93. The molecular formula is C21H18ClNO2. The Morgan fingerprint density at radius 1 is 0.920 bits per heavy atom. The number of rotatable bonds is 2. The maximum atomic E-state index is 13.0. The fourth-order valence-corrected chi connectivity index (χ4v) is 4.16. The first-order valence-electron chi connectivity index (χ1n) is 8.55. The van der Waals surface area contributed by atoms with Crippen molar-refractivity contribution in [3.63, 3.8) is 0 Å². The SMILES string of the molecule is O=C1CCCC2=C1[C@H](c1ccccc1Cl)CC(=O)N2c1ccccc1. The number of Topliss-reactive ketones (excluding diaryl/α,β-unsaturated/α-hetero) is 1. The molecule has 1 heterocycles. The molecule has 1 amide bonds. The van der Waals surface area contributed by atoms with Crippen molar-refractivity contribution in [2.24, 2.45) is 0 Å². The number of benzene rings is 2. The predicted molar refractivity (Wildman–Crippen MR) is 98.6 cm³/mol. The van der Waals surface area contributed by atoms with Gasteiger partial charge in [-0.15, -0.1) is 0 Å². The van der Waals surface area contributed by atoms with Gasteiger partial charge in [-0.3, -0.25) is 14.5 Å². The molecule has 0 N–H and O–H groups in total. The Morgan fingerprint density at radius 3 is 2.40 bits per heavy atom. The fourth-order valence-electron chi connectivity index (χ4n) is 3.89. The topological polar surface area (TPSA) is 37.4 Å². The summed E-state index contributed by atoms with van der Waals surface area (Å²) in [6.45, 7) is 0. The Labute approximate surface area is 151 Å². The van der Waals surface area contributed by atoms with Crippen LogP contribution >= 0.6 is 11.6 Å². The van der Waals surface area contributed by atoms with Crippen molar-refractivity contribution in [1.82, 2.24) is 0 Å². The number of ketones is 1. The van der Waals surface area contributed by atoms with E-state index >= 15 is 0 Å². The first-order chi connectivity index (χ1) is 12.2. The number of amides is 1. The number of hydrogen-bond donors (Lipinski definition) is 0. The van der Waals surface area contributed by atoms with Gasteiger partial charge < -0.3 is 0 Å². The Hall–Kier alpha value is -2.39. The molecule has 126 valence electrons. The van der Waals surface area contributed by atoms with E-state index in [1.165, 1.54) is 0 Å². The molecule has 25 heavy (non-hydrogen) atoms. The summed E-state index contributed by atoms with van der Waals surface area (Å²) in [5.41, 5.74) is 3.31. The van der Waals surface area contributed by atoms with Crippen molar-refractivity contribution in [2.75, 3.05) is 4.90 Å². The molecule has 4 heteroatoms. The molecule has 0 radical (unpaired) electrons. The quantitative estimate of drug-likeness (QED) is 0.774. The normalized spacial score (nSPS) is 20.7. The Morgan fingerprint density at radius 2 is 1.64 bits per heavy atom. The molecule has 1 aliphatic carbocycles. The van der Waals surface area contributed by atoms with Gasteiger partial charge in [-0.05, 0) is 36.6 Å². The molecular weight excluding hydrogens is 334 g/mol. The summed E-state index contributed by atoms with van der Waals surface area (Å²) in [4.78, 5) is 27.5.